The van der Waals surface area contributed by atoms with Gasteiger partial charge in [0.15, 0.2) is 12.4 Å². The van der Waals surface area contributed by atoms with E-state index in [-0.39, 0.29) is 15.5 Å². The molecule has 3 rings (SSSR count). The van der Waals surface area contributed by atoms with Crippen LogP contribution in [0.2, 0.25) is 10.0 Å². The maximum atomic E-state index is 13.0. The molecule has 0 spiro atoms. The third-order valence-electron chi connectivity index (χ3n) is 4.44. The van der Waals surface area contributed by atoms with Crippen molar-refractivity contribution in [3.8, 4) is 0 Å². The Bertz CT molecular complexity index is 1210. The second kappa shape index (κ2) is 9.51. The summed E-state index contributed by atoms with van der Waals surface area (Å²) in [5.41, 5.74) is 0.618. The number of halogens is 2. The van der Waals surface area contributed by atoms with Gasteiger partial charge in [-0.25, -0.2) is 13.2 Å². The van der Waals surface area contributed by atoms with Crippen LogP contribution < -0.4 is 4.31 Å². The smallest absolute Gasteiger partial charge is 0.340 e. The highest BCUT2D eigenvalue weighted by Crippen LogP contribution is 2.26. The molecule has 0 saturated carbocycles. The highest BCUT2D eigenvalue weighted by atomic mass is 35.5. The number of Topliss-reactive ketones (excluding diaryl/α,β-unsaturated/α-hetero) is 1. The number of ketones is 1. The van der Waals surface area contributed by atoms with Crippen LogP contribution in [0, 0.1) is 0 Å². The molecule has 0 saturated heterocycles. The van der Waals surface area contributed by atoms with Crippen LogP contribution >= 0.6 is 23.2 Å². The number of carbonyl (C=O) groups is 2. The normalized spacial score (nSPS) is 11.1. The van der Waals surface area contributed by atoms with Crippen molar-refractivity contribution < 1.29 is 22.7 Å². The van der Waals surface area contributed by atoms with Gasteiger partial charge in [0.25, 0.3) is 10.0 Å². The van der Waals surface area contributed by atoms with Crippen LogP contribution in [0.15, 0.2) is 77.7 Å². The summed E-state index contributed by atoms with van der Waals surface area (Å²) < 4.78 is 32.1. The molecule has 0 heterocycles. The van der Waals surface area contributed by atoms with E-state index in [1.54, 1.807) is 42.5 Å². The lowest BCUT2D eigenvalue weighted by atomic mass is 10.1. The first kappa shape index (κ1) is 22.8. The van der Waals surface area contributed by atoms with Crippen molar-refractivity contribution in [2.75, 3.05) is 18.0 Å². The Morgan fingerprint density at radius 3 is 2.23 bits per heavy atom. The van der Waals surface area contributed by atoms with Crippen molar-refractivity contribution in [2.24, 2.45) is 0 Å². The predicted octanol–water partition coefficient (Wildman–Crippen LogP) is 4.86. The first-order chi connectivity index (χ1) is 14.7. The van der Waals surface area contributed by atoms with Crippen molar-refractivity contribution in [3.63, 3.8) is 0 Å². The fourth-order valence-electron chi connectivity index (χ4n) is 2.68. The van der Waals surface area contributed by atoms with E-state index in [0.717, 1.165) is 10.4 Å². The summed E-state index contributed by atoms with van der Waals surface area (Å²) in [4.78, 5) is 24.5. The number of carbonyl (C=O) groups excluding carboxylic acids is 2. The van der Waals surface area contributed by atoms with Gasteiger partial charge in [-0.15, -0.1) is 0 Å². The average Bonchev–Trinajstić information content (AvgIpc) is 2.78. The summed E-state index contributed by atoms with van der Waals surface area (Å²) in [5.74, 6) is -1.35. The van der Waals surface area contributed by atoms with E-state index in [1.165, 1.54) is 31.3 Å². The number of ether oxygens (including phenoxy) is 1. The van der Waals surface area contributed by atoms with Crippen molar-refractivity contribution >= 4 is 50.7 Å². The topological polar surface area (TPSA) is 80.8 Å². The quantitative estimate of drug-likeness (QED) is 0.358. The highest BCUT2D eigenvalue weighted by Gasteiger charge is 2.24. The maximum Gasteiger partial charge on any atom is 0.340 e. The van der Waals surface area contributed by atoms with Gasteiger partial charge in [0.05, 0.1) is 21.2 Å². The van der Waals surface area contributed by atoms with Crippen molar-refractivity contribution in [3.05, 3.63) is 94.0 Å². The molecule has 0 radical (unpaired) electrons. The minimum Gasteiger partial charge on any atom is -0.454 e. The fraction of sp³-hybridized carbons (Fsp3) is 0.0909. The Balaban J connectivity index is 1.79. The molecule has 6 nitrogen and oxygen atoms in total. The van der Waals surface area contributed by atoms with Gasteiger partial charge >= 0.3 is 5.97 Å². The Hall–Kier alpha value is -2.87. The largest absolute Gasteiger partial charge is 0.454 e. The van der Waals surface area contributed by atoms with E-state index in [1.807, 2.05) is 0 Å². The minimum absolute atomic E-state index is 0.00487. The van der Waals surface area contributed by atoms with Crippen LogP contribution in [0.25, 0.3) is 0 Å². The molecule has 31 heavy (non-hydrogen) atoms. The molecule has 0 aliphatic rings. The Labute approximate surface area is 190 Å². The molecule has 0 bridgehead atoms. The van der Waals surface area contributed by atoms with Gasteiger partial charge in [-0.05, 0) is 54.6 Å². The van der Waals surface area contributed by atoms with E-state index < -0.39 is 28.4 Å². The van der Waals surface area contributed by atoms with Crippen LogP contribution in [0.5, 0.6) is 0 Å². The number of rotatable bonds is 7. The number of anilines is 1. The van der Waals surface area contributed by atoms with Crippen LogP contribution in [0.3, 0.4) is 0 Å². The zero-order valence-electron chi connectivity index (χ0n) is 16.3. The molecule has 3 aromatic carbocycles. The first-order valence-electron chi connectivity index (χ1n) is 8.99. The van der Waals surface area contributed by atoms with Gasteiger partial charge in [0, 0.05) is 17.6 Å². The summed E-state index contributed by atoms with van der Waals surface area (Å²) in [5, 5.41) is 0.476. The number of benzene rings is 3. The minimum atomic E-state index is -3.96. The number of esters is 1. The lowest BCUT2D eigenvalue weighted by Gasteiger charge is -2.20. The van der Waals surface area contributed by atoms with Gasteiger partial charge in [-0.2, -0.15) is 0 Å². The van der Waals surface area contributed by atoms with Crippen LogP contribution in [0.1, 0.15) is 20.7 Å². The molecule has 0 aliphatic heterocycles. The van der Waals surface area contributed by atoms with E-state index in [4.69, 9.17) is 27.9 Å². The number of para-hydroxylation sites is 1. The Morgan fingerprint density at radius 1 is 0.935 bits per heavy atom. The summed E-state index contributed by atoms with van der Waals surface area (Å²) in [6.07, 6.45) is 0. The molecule has 0 amide bonds. The van der Waals surface area contributed by atoms with Gasteiger partial charge in [-0.3, -0.25) is 9.10 Å². The van der Waals surface area contributed by atoms with Gasteiger partial charge in [0.2, 0.25) is 0 Å². The number of hydrogen-bond donors (Lipinski definition) is 0. The lowest BCUT2D eigenvalue weighted by molar-refractivity contribution is 0.0474. The monoisotopic (exact) mass is 477 g/mol. The van der Waals surface area contributed by atoms with E-state index in [2.05, 4.69) is 0 Å². The molecule has 0 aromatic heterocycles. The summed E-state index contributed by atoms with van der Waals surface area (Å²) >= 11 is 11.9. The lowest BCUT2D eigenvalue weighted by Crippen LogP contribution is -2.26. The molecule has 3 aromatic rings. The molecule has 0 unspecified atom stereocenters. The summed E-state index contributed by atoms with van der Waals surface area (Å²) in [6.45, 7) is -0.530. The van der Waals surface area contributed by atoms with Gasteiger partial charge in [-0.1, -0.05) is 41.4 Å². The van der Waals surface area contributed by atoms with Crippen LogP contribution in [-0.4, -0.2) is 33.8 Å². The van der Waals surface area contributed by atoms with E-state index in [9.17, 15) is 18.0 Å². The van der Waals surface area contributed by atoms with Gasteiger partial charge in [0.1, 0.15) is 0 Å². The van der Waals surface area contributed by atoms with Crippen molar-refractivity contribution in [1.82, 2.24) is 0 Å². The average molecular weight is 478 g/mol. The van der Waals surface area contributed by atoms with E-state index in [0.29, 0.717) is 16.3 Å². The number of nitrogens with zero attached hydrogens (tertiary/aromatic N) is 1. The third kappa shape index (κ3) is 5.25. The first-order valence-corrected chi connectivity index (χ1v) is 11.2. The molecule has 0 aliphatic carbocycles. The zero-order valence-corrected chi connectivity index (χ0v) is 18.6. The number of sulfonamides is 1. The molecular weight excluding hydrogens is 461 g/mol. The SMILES string of the molecule is CN(c1ccccc1)S(=O)(=O)c1ccc(Cl)c(C(=O)OCC(=O)c2ccc(Cl)cc2)c1. The highest BCUT2D eigenvalue weighted by molar-refractivity contribution is 7.92. The Morgan fingerprint density at radius 2 is 1.58 bits per heavy atom. The molecule has 0 fully saturated rings. The third-order valence-corrected chi connectivity index (χ3v) is 6.80. The molecule has 160 valence electrons. The second-order valence-corrected chi connectivity index (χ2v) is 9.27. The second-order valence-electron chi connectivity index (χ2n) is 6.46. The molecular formula is C22H17Cl2NO5S. The van der Waals surface area contributed by atoms with E-state index >= 15 is 0 Å². The zero-order chi connectivity index (χ0) is 22.6. The molecule has 0 atom stereocenters. The molecule has 0 N–H and O–H groups in total. The standard InChI is InChI=1S/C22H17Cl2NO5S/c1-25(17-5-3-2-4-6-17)31(28,29)18-11-12-20(24)19(13-18)22(27)30-14-21(26)15-7-9-16(23)10-8-15/h2-13H,14H2,1H3. The summed E-state index contributed by atoms with van der Waals surface area (Å²) in [6, 6.07) is 18.3. The number of hydrogen-bond acceptors (Lipinski definition) is 5. The summed E-state index contributed by atoms with van der Waals surface area (Å²) in [7, 11) is -2.55. The Kier molecular flexibility index (Phi) is 7.00. The van der Waals surface area contributed by atoms with Crippen LogP contribution in [-0.2, 0) is 14.8 Å². The van der Waals surface area contributed by atoms with Crippen molar-refractivity contribution in [1.29, 1.82) is 0 Å². The predicted molar refractivity (Wildman–Crippen MR) is 120 cm³/mol. The fourth-order valence-corrected chi connectivity index (χ4v) is 4.23. The van der Waals surface area contributed by atoms with Crippen molar-refractivity contribution in [2.45, 2.75) is 4.90 Å². The van der Waals surface area contributed by atoms with Gasteiger partial charge < -0.3 is 4.74 Å². The maximum absolute atomic E-state index is 13.0. The van der Waals surface area contributed by atoms with Crippen LogP contribution in [0.4, 0.5) is 5.69 Å². The molecule has 9 heteroatoms.